The van der Waals surface area contributed by atoms with Crippen molar-refractivity contribution in [3.05, 3.63) is 0 Å². The second-order valence-electron chi connectivity index (χ2n) is 4.81. The van der Waals surface area contributed by atoms with Crippen LogP contribution in [-0.2, 0) is 4.74 Å². The van der Waals surface area contributed by atoms with Crippen molar-refractivity contribution in [1.82, 2.24) is 0 Å². The van der Waals surface area contributed by atoms with E-state index in [9.17, 15) is 10.2 Å². The summed E-state index contributed by atoms with van der Waals surface area (Å²) in [7, 11) is 0. The first-order valence-corrected chi connectivity index (χ1v) is 5.68. The topological polar surface area (TPSA) is 49.7 Å². The van der Waals surface area contributed by atoms with Crippen molar-refractivity contribution < 1.29 is 14.9 Å². The molecule has 1 aliphatic carbocycles. The van der Waals surface area contributed by atoms with Gasteiger partial charge in [-0.3, -0.25) is 0 Å². The van der Waals surface area contributed by atoms with Gasteiger partial charge in [0.1, 0.15) is 0 Å². The maximum Gasteiger partial charge on any atom is 0.0648 e. The third-order valence-corrected chi connectivity index (χ3v) is 3.70. The first-order valence-electron chi connectivity index (χ1n) is 5.68. The van der Waals surface area contributed by atoms with E-state index in [4.69, 9.17) is 4.74 Å². The van der Waals surface area contributed by atoms with Gasteiger partial charge in [0, 0.05) is 12.5 Å². The van der Waals surface area contributed by atoms with E-state index in [1.165, 1.54) is 0 Å². The second-order valence-corrected chi connectivity index (χ2v) is 4.81. The van der Waals surface area contributed by atoms with Gasteiger partial charge in [-0.05, 0) is 38.5 Å². The molecule has 1 heterocycles. The highest BCUT2D eigenvalue weighted by molar-refractivity contribution is 4.88. The third kappa shape index (κ3) is 2.27. The molecule has 3 heteroatoms. The molecule has 3 nitrogen and oxygen atoms in total. The maximum absolute atomic E-state index is 9.90. The van der Waals surface area contributed by atoms with Gasteiger partial charge in [-0.15, -0.1) is 0 Å². The van der Waals surface area contributed by atoms with Crippen molar-refractivity contribution in [3.63, 3.8) is 0 Å². The van der Waals surface area contributed by atoms with Gasteiger partial charge >= 0.3 is 0 Å². The van der Waals surface area contributed by atoms with Crippen LogP contribution < -0.4 is 0 Å². The van der Waals surface area contributed by atoms with Gasteiger partial charge < -0.3 is 14.9 Å². The number of rotatable bonds is 3. The molecule has 0 bridgehead atoms. The summed E-state index contributed by atoms with van der Waals surface area (Å²) >= 11 is 0. The molecule has 2 fully saturated rings. The van der Waals surface area contributed by atoms with Crippen molar-refractivity contribution in [3.8, 4) is 0 Å². The summed E-state index contributed by atoms with van der Waals surface area (Å²) in [4.78, 5) is 0. The molecule has 0 aromatic rings. The number of ether oxygens (including phenoxy) is 1. The smallest absolute Gasteiger partial charge is 0.0648 e. The molecule has 1 aliphatic heterocycles. The minimum absolute atomic E-state index is 0.215. The SMILES string of the molecule is OC1CCOCC1CCC1(O)CCC1. The fourth-order valence-electron chi connectivity index (χ4n) is 2.35. The Morgan fingerprint density at radius 1 is 1.36 bits per heavy atom. The van der Waals surface area contributed by atoms with E-state index >= 15 is 0 Å². The van der Waals surface area contributed by atoms with E-state index in [2.05, 4.69) is 0 Å². The van der Waals surface area contributed by atoms with Gasteiger partial charge in [0.2, 0.25) is 0 Å². The van der Waals surface area contributed by atoms with E-state index in [0.29, 0.717) is 13.2 Å². The predicted octanol–water partition coefficient (Wildman–Crippen LogP) is 1.08. The van der Waals surface area contributed by atoms with Gasteiger partial charge in [0.25, 0.3) is 0 Å². The summed E-state index contributed by atoms with van der Waals surface area (Å²) in [5.41, 5.74) is -0.406. The first-order chi connectivity index (χ1) is 6.70. The molecule has 1 saturated heterocycles. The molecular formula is C11H20O3. The van der Waals surface area contributed by atoms with Gasteiger partial charge in [-0.2, -0.15) is 0 Å². The Kier molecular flexibility index (Phi) is 3.10. The average Bonchev–Trinajstić information content (AvgIpc) is 2.14. The zero-order chi connectivity index (χ0) is 10.0. The lowest BCUT2D eigenvalue weighted by Crippen LogP contribution is -2.39. The minimum atomic E-state index is -0.406. The Morgan fingerprint density at radius 2 is 2.14 bits per heavy atom. The fraction of sp³-hybridized carbons (Fsp3) is 1.00. The second kappa shape index (κ2) is 4.17. The van der Waals surface area contributed by atoms with Crippen molar-refractivity contribution in [2.24, 2.45) is 5.92 Å². The molecule has 2 aliphatic rings. The lowest BCUT2D eigenvalue weighted by molar-refractivity contribution is -0.0712. The largest absolute Gasteiger partial charge is 0.393 e. The van der Waals surface area contributed by atoms with Crippen LogP contribution >= 0.6 is 0 Å². The third-order valence-electron chi connectivity index (χ3n) is 3.70. The van der Waals surface area contributed by atoms with Crippen LogP contribution in [0.1, 0.15) is 38.5 Å². The van der Waals surface area contributed by atoms with Crippen molar-refractivity contribution in [1.29, 1.82) is 0 Å². The molecule has 2 unspecified atom stereocenters. The Hall–Kier alpha value is -0.120. The Bertz CT molecular complexity index is 189. The zero-order valence-electron chi connectivity index (χ0n) is 8.61. The van der Waals surface area contributed by atoms with E-state index in [1.807, 2.05) is 0 Å². The fourth-order valence-corrected chi connectivity index (χ4v) is 2.35. The van der Waals surface area contributed by atoms with Crippen molar-refractivity contribution in [2.75, 3.05) is 13.2 Å². The molecular weight excluding hydrogens is 180 g/mol. The van der Waals surface area contributed by atoms with Crippen LogP contribution in [0, 0.1) is 5.92 Å². The summed E-state index contributed by atoms with van der Waals surface area (Å²) in [6.45, 7) is 1.35. The van der Waals surface area contributed by atoms with E-state index < -0.39 is 5.60 Å². The lowest BCUT2D eigenvalue weighted by Gasteiger charge is -2.38. The summed E-state index contributed by atoms with van der Waals surface area (Å²) in [6, 6.07) is 0. The number of hydrogen-bond donors (Lipinski definition) is 2. The van der Waals surface area contributed by atoms with Crippen LogP contribution in [0.15, 0.2) is 0 Å². The minimum Gasteiger partial charge on any atom is -0.393 e. The molecule has 0 amide bonds. The van der Waals surface area contributed by atoms with Crippen molar-refractivity contribution >= 4 is 0 Å². The summed E-state index contributed by atoms with van der Waals surface area (Å²) in [6.07, 6.45) is 5.30. The highest BCUT2D eigenvalue weighted by Crippen LogP contribution is 2.37. The molecule has 0 radical (unpaired) electrons. The molecule has 82 valence electrons. The summed E-state index contributed by atoms with van der Waals surface area (Å²) in [5.74, 6) is 0.244. The monoisotopic (exact) mass is 200 g/mol. The molecule has 14 heavy (non-hydrogen) atoms. The van der Waals surface area contributed by atoms with Crippen LogP contribution in [-0.4, -0.2) is 35.1 Å². The lowest BCUT2D eigenvalue weighted by atomic mass is 9.75. The molecule has 0 aromatic heterocycles. The Balaban J connectivity index is 1.73. The quantitative estimate of drug-likeness (QED) is 0.716. The summed E-state index contributed by atoms with van der Waals surface area (Å²) < 4.78 is 5.33. The molecule has 2 rings (SSSR count). The highest BCUT2D eigenvalue weighted by atomic mass is 16.5. The molecule has 0 aromatic carbocycles. The average molecular weight is 200 g/mol. The Labute approximate surface area is 85.1 Å². The van der Waals surface area contributed by atoms with Gasteiger partial charge in [0.05, 0.1) is 18.3 Å². The van der Waals surface area contributed by atoms with E-state index in [0.717, 1.165) is 38.5 Å². The predicted molar refractivity (Wildman–Crippen MR) is 53.0 cm³/mol. The van der Waals surface area contributed by atoms with Crippen LogP contribution in [0.2, 0.25) is 0 Å². The molecule has 2 N–H and O–H groups in total. The first kappa shape index (κ1) is 10.4. The molecule has 1 saturated carbocycles. The Morgan fingerprint density at radius 3 is 2.71 bits per heavy atom. The van der Waals surface area contributed by atoms with Crippen LogP contribution in [0.5, 0.6) is 0 Å². The molecule has 0 spiro atoms. The van der Waals surface area contributed by atoms with Crippen LogP contribution in [0.4, 0.5) is 0 Å². The number of aliphatic hydroxyl groups is 2. The number of aliphatic hydroxyl groups excluding tert-OH is 1. The zero-order valence-corrected chi connectivity index (χ0v) is 8.61. The van der Waals surface area contributed by atoms with Gasteiger partial charge in [-0.25, -0.2) is 0 Å². The van der Waals surface area contributed by atoms with Crippen molar-refractivity contribution in [2.45, 2.75) is 50.2 Å². The highest BCUT2D eigenvalue weighted by Gasteiger charge is 2.35. The van der Waals surface area contributed by atoms with E-state index in [-0.39, 0.29) is 12.0 Å². The normalized spacial score (nSPS) is 36.4. The van der Waals surface area contributed by atoms with E-state index in [1.54, 1.807) is 0 Å². The van der Waals surface area contributed by atoms with Gasteiger partial charge in [0.15, 0.2) is 0 Å². The van der Waals surface area contributed by atoms with Crippen LogP contribution in [0.3, 0.4) is 0 Å². The van der Waals surface area contributed by atoms with Crippen LogP contribution in [0.25, 0.3) is 0 Å². The summed E-state index contributed by atoms with van der Waals surface area (Å²) in [5, 5.41) is 19.6. The number of hydrogen-bond acceptors (Lipinski definition) is 3. The van der Waals surface area contributed by atoms with Gasteiger partial charge in [-0.1, -0.05) is 0 Å². The molecule has 2 atom stereocenters. The maximum atomic E-state index is 9.90. The standard InChI is InChI=1S/C11H20O3/c12-10-3-7-14-8-9(10)2-6-11(13)4-1-5-11/h9-10,12-13H,1-8H2.